The highest BCUT2D eigenvalue weighted by Crippen LogP contribution is 2.39. The van der Waals surface area contributed by atoms with E-state index in [1.807, 2.05) is 13.8 Å². The third-order valence-electron chi connectivity index (χ3n) is 6.47. The smallest absolute Gasteiger partial charge is 0.256 e. The van der Waals surface area contributed by atoms with E-state index < -0.39 is 17.6 Å². The number of benzene rings is 2. The molecule has 0 radical (unpaired) electrons. The van der Waals surface area contributed by atoms with Crippen LogP contribution in [0.5, 0.6) is 5.75 Å². The van der Waals surface area contributed by atoms with Crippen LogP contribution in [0.1, 0.15) is 47.4 Å². The maximum Gasteiger partial charge on any atom is 0.256 e. The molecule has 4 rings (SSSR count). The number of piperidine rings is 1. The number of carbonyl (C=O) groups excluding carboxylic acids is 3. The van der Waals surface area contributed by atoms with E-state index in [1.54, 1.807) is 41.2 Å². The van der Waals surface area contributed by atoms with E-state index in [4.69, 9.17) is 9.47 Å². The minimum atomic E-state index is -1.00. The van der Waals surface area contributed by atoms with Gasteiger partial charge in [0.15, 0.2) is 0 Å². The SMILES string of the molecule is COc1ccc(C(=O)N2[C@H](C(=O)NC(C)C)COC23CCN(C(=O)c2ccc(F)cc2)CC3)cc1. The van der Waals surface area contributed by atoms with Gasteiger partial charge in [-0.25, -0.2) is 4.39 Å². The Morgan fingerprint density at radius 3 is 2.14 bits per heavy atom. The lowest BCUT2D eigenvalue weighted by Crippen LogP contribution is -2.60. The van der Waals surface area contributed by atoms with Crippen molar-refractivity contribution >= 4 is 17.7 Å². The summed E-state index contributed by atoms with van der Waals surface area (Å²) < 4.78 is 24.6. The standard InChI is InChI=1S/C26H30FN3O5/c1-17(2)28-23(31)22-16-35-26(30(22)25(33)19-6-10-21(34-3)11-7-19)12-14-29(15-13-26)24(32)18-4-8-20(27)9-5-18/h4-11,17,22H,12-16H2,1-3H3,(H,28,31)/t22-/m0/s1. The second kappa shape index (κ2) is 10.0. The molecule has 0 aromatic heterocycles. The van der Waals surface area contributed by atoms with Gasteiger partial charge in [-0.2, -0.15) is 0 Å². The van der Waals surface area contributed by atoms with E-state index in [0.717, 1.165) is 0 Å². The molecule has 35 heavy (non-hydrogen) atoms. The highest BCUT2D eigenvalue weighted by Gasteiger charge is 2.54. The van der Waals surface area contributed by atoms with Gasteiger partial charge in [-0.3, -0.25) is 19.3 Å². The third kappa shape index (κ3) is 5.00. The maximum absolute atomic E-state index is 13.7. The zero-order chi connectivity index (χ0) is 25.2. The Hall–Kier alpha value is -3.46. The zero-order valence-electron chi connectivity index (χ0n) is 20.1. The van der Waals surface area contributed by atoms with Gasteiger partial charge in [-0.15, -0.1) is 0 Å². The average Bonchev–Trinajstić information content (AvgIpc) is 3.22. The van der Waals surface area contributed by atoms with Gasteiger partial charge < -0.3 is 19.7 Å². The van der Waals surface area contributed by atoms with Crippen molar-refractivity contribution in [3.05, 3.63) is 65.5 Å². The molecule has 2 aromatic carbocycles. The number of rotatable bonds is 5. The van der Waals surface area contributed by atoms with Crippen LogP contribution in [0.2, 0.25) is 0 Å². The highest BCUT2D eigenvalue weighted by atomic mass is 19.1. The van der Waals surface area contributed by atoms with Crippen molar-refractivity contribution in [2.75, 3.05) is 26.8 Å². The van der Waals surface area contributed by atoms with Crippen LogP contribution in [0, 0.1) is 5.82 Å². The highest BCUT2D eigenvalue weighted by molar-refractivity contribution is 5.99. The van der Waals surface area contributed by atoms with E-state index in [2.05, 4.69) is 5.32 Å². The summed E-state index contributed by atoms with van der Waals surface area (Å²) in [4.78, 5) is 42.8. The van der Waals surface area contributed by atoms with E-state index in [1.165, 1.54) is 24.3 Å². The minimum absolute atomic E-state index is 0.0758. The summed E-state index contributed by atoms with van der Waals surface area (Å²) in [6.07, 6.45) is 0.709. The van der Waals surface area contributed by atoms with Crippen LogP contribution in [0.3, 0.4) is 0 Å². The number of halogens is 1. The lowest BCUT2D eigenvalue weighted by Gasteiger charge is -2.44. The molecule has 0 aliphatic carbocycles. The number of nitrogens with one attached hydrogen (secondary N) is 1. The first kappa shape index (κ1) is 24.7. The van der Waals surface area contributed by atoms with Crippen molar-refractivity contribution < 1.29 is 28.2 Å². The second-order valence-electron chi connectivity index (χ2n) is 9.14. The summed E-state index contributed by atoms with van der Waals surface area (Å²) in [5, 5.41) is 2.89. The predicted molar refractivity (Wildman–Crippen MR) is 126 cm³/mol. The van der Waals surface area contributed by atoms with Crippen molar-refractivity contribution in [1.29, 1.82) is 0 Å². The number of methoxy groups -OCH3 is 1. The molecule has 186 valence electrons. The van der Waals surface area contributed by atoms with Crippen LogP contribution >= 0.6 is 0 Å². The van der Waals surface area contributed by atoms with Crippen LogP contribution in [0.4, 0.5) is 4.39 Å². The number of ether oxygens (including phenoxy) is 2. The Kier molecular flexibility index (Phi) is 7.07. The minimum Gasteiger partial charge on any atom is -0.497 e. The molecule has 0 bridgehead atoms. The number of nitrogens with zero attached hydrogens (tertiary/aromatic N) is 2. The molecular weight excluding hydrogens is 453 g/mol. The Bertz CT molecular complexity index is 1080. The first-order valence-corrected chi connectivity index (χ1v) is 11.7. The van der Waals surface area contributed by atoms with Crippen LogP contribution < -0.4 is 10.1 Å². The van der Waals surface area contributed by atoms with Crippen LogP contribution in [-0.2, 0) is 9.53 Å². The van der Waals surface area contributed by atoms with Gasteiger partial charge in [0.1, 0.15) is 23.3 Å². The summed E-state index contributed by atoms with van der Waals surface area (Å²) in [6, 6.07) is 11.3. The average molecular weight is 484 g/mol. The lowest BCUT2D eigenvalue weighted by molar-refractivity contribution is -0.128. The largest absolute Gasteiger partial charge is 0.497 e. The van der Waals surface area contributed by atoms with Crippen molar-refractivity contribution in [1.82, 2.24) is 15.1 Å². The molecule has 0 saturated carbocycles. The summed E-state index contributed by atoms with van der Waals surface area (Å²) in [6.45, 7) is 4.46. The Morgan fingerprint density at radius 1 is 1.00 bits per heavy atom. The van der Waals surface area contributed by atoms with Crippen LogP contribution in [0.25, 0.3) is 0 Å². The lowest BCUT2D eigenvalue weighted by atomic mass is 9.96. The quantitative estimate of drug-likeness (QED) is 0.707. The fraction of sp³-hybridized carbons (Fsp3) is 0.423. The summed E-state index contributed by atoms with van der Waals surface area (Å²) in [5.41, 5.74) is -0.187. The first-order valence-electron chi connectivity index (χ1n) is 11.7. The number of hydrogen-bond donors (Lipinski definition) is 1. The Labute approximate surface area is 204 Å². The van der Waals surface area contributed by atoms with E-state index in [-0.39, 0.29) is 30.4 Å². The van der Waals surface area contributed by atoms with Gasteiger partial charge >= 0.3 is 0 Å². The molecule has 1 atom stereocenters. The van der Waals surface area contributed by atoms with E-state index >= 15 is 0 Å². The molecule has 0 unspecified atom stereocenters. The van der Waals surface area contributed by atoms with Gasteiger partial charge in [0.25, 0.3) is 11.8 Å². The molecule has 1 spiro atoms. The first-order chi connectivity index (χ1) is 16.7. The zero-order valence-corrected chi connectivity index (χ0v) is 20.1. The molecular formula is C26H30FN3O5. The summed E-state index contributed by atoms with van der Waals surface area (Å²) in [5.74, 6) is -0.580. The second-order valence-corrected chi connectivity index (χ2v) is 9.14. The molecule has 2 saturated heterocycles. The molecule has 2 aromatic rings. The number of likely N-dealkylation sites (tertiary alicyclic amines) is 1. The molecule has 3 amide bonds. The van der Waals surface area contributed by atoms with Crippen molar-refractivity contribution in [3.8, 4) is 5.75 Å². The number of amides is 3. The monoisotopic (exact) mass is 483 g/mol. The molecule has 8 nitrogen and oxygen atoms in total. The van der Waals surface area contributed by atoms with Crippen molar-refractivity contribution in [2.45, 2.75) is 44.5 Å². The Balaban J connectivity index is 1.57. The van der Waals surface area contributed by atoms with Crippen molar-refractivity contribution in [2.24, 2.45) is 0 Å². The molecule has 2 aliphatic rings. The molecule has 2 aliphatic heterocycles. The topological polar surface area (TPSA) is 88.2 Å². The normalized spacial score (nSPS) is 19.2. The van der Waals surface area contributed by atoms with Crippen molar-refractivity contribution in [3.63, 3.8) is 0 Å². The third-order valence-corrected chi connectivity index (χ3v) is 6.47. The molecule has 1 N–H and O–H groups in total. The number of hydrogen-bond acceptors (Lipinski definition) is 5. The van der Waals surface area contributed by atoms with Crippen LogP contribution in [-0.4, -0.2) is 72.1 Å². The fourth-order valence-electron chi connectivity index (χ4n) is 4.65. The van der Waals surface area contributed by atoms with Gasteiger partial charge in [0.2, 0.25) is 5.91 Å². The van der Waals surface area contributed by atoms with Gasteiger partial charge in [-0.05, 0) is 62.4 Å². The number of carbonyl (C=O) groups is 3. The van der Waals surface area contributed by atoms with E-state index in [9.17, 15) is 18.8 Å². The van der Waals surface area contributed by atoms with Gasteiger partial charge in [-0.1, -0.05) is 0 Å². The maximum atomic E-state index is 13.7. The molecule has 2 heterocycles. The molecule has 2 fully saturated rings. The van der Waals surface area contributed by atoms with Gasteiger partial charge in [0, 0.05) is 43.1 Å². The van der Waals surface area contributed by atoms with Crippen LogP contribution in [0.15, 0.2) is 48.5 Å². The fourth-order valence-corrected chi connectivity index (χ4v) is 4.65. The summed E-state index contributed by atoms with van der Waals surface area (Å²) in [7, 11) is 1.55. The predicted octanol–water partition coefficient (Wildman–Crippen LogP) is 2.83. The Morgan fingerprint density at radius 2 is 1.57 bits per heavy atom. The summed E-state index contributed by atoms with van der Waals surface area (Å²) >= 11 is 0. The van der Waals surface area contributed by atoms with Gasteiger partial charge in [0.05, 0.1) is 13.7 Å². The van der Waals surface area contributed by atoms with E-state index in [0.29, 0.717) is 42.8 Å². The molecule has 9 heteroatoms.